The lowest BCUT2D eigenvalue weighted by Crippen LogP contribution is -2.81. The van der Waals surface area contributed by atoms with Crippen LogP contribution in [0.1, 0.15) is 77.3 Å². The van der Waals surface area contributed by atoms with E-state index in [1.165, 1.54) is 30.5 Å². The molecule has 1 saturated heterocycles. The van der Waals surface area contributed by atoms with Crippen LogP contribution in [0.4, 0.5) is 0 Å². The molecule has 0 amide bonds. The molecule has 4 saturated carbocycles. The summed E-state index contributed by atoms with van der Waals surface area (Å²) >= 11 is 0. The number of hydrogen-bond donors (Lipinski definition) is 3. The fraction of sp³-hybridized carbons (Fsp3) is 0.793. The molecule has 2 heterocycles. The van der Waals surface area contributed by atoms with Crippen LogP contribution in [0.5, 0.6) is 11.5 Å². The van der Waals surface area contributed by atoms with Crippen molar-refractivity contribution in [2.75, 3.05) is 19.7 Å². The van der Waals surface area contributed by atoms with Gasteiger partial charge in [-0.15, -0.1) is 0 Å². The molecule has 1 aromatic carbocycles. The van der Waals surface area contributed by atoms with Gasteiger partial charge >= 0.3 is 0 Å². The van der Waals surface area contributed by atoms with Crippen LogP contribution in [0.2, 0.25) is 0 Å². The molecular formula is C29H41NO4. The molecular weight excluding hydrogens is 426 g/mol. The molecule has 0 aromatic heterocycles. The van der Waals surface area contributed by atoms with Gasteiger partial charge in [0.2, 0.25) is 0 Å². The number of rotatable bonds is 4. The van der Waals surface area contributed by atoms with Gasteiger partial charge in [-0.2, -0.15) is 0 Å². The Hall–Kier alpha value is -1.30. The van der Waals surface area contributed by atoms with Crippen molar-refractivity contribution < 1.29 is 20.1 Å². The van der Waals surface area contributed by atoms with Crippen molar-refractivity contribution in [2.24, 2.45) is 28.1 Å². The number of piperidine rings is 1. The molecule has 3 N–H and O–H groups in total. The number of benzene rings is 1. The van der Waals surface area contributed by atoms with Crippen molar-refractivity contribution in [3.63, 3.8) is 0 Å². The Morgan fingerprint density at radius 3 is 2.56 bits per heavy atom. The van der Waals surface area contributed by atoms with Crippen molar-refractivity contribution in [2.45, 2.75) is 95.8 Å². The Bertz CT molecular complexity index is 1060. The molecule has 0 radical (unpaired) electrons. The summed E-state index contributed by atoms with van der Waals surface area (Å²) < 4.78 is 6.86. The van der Waals surface area contributed by atoms with E-state index in [4.69, 9.17) is 4.74 Å². The molecule has 2 aliphatic heterocycles. The van der Waals surface area contributed by atoms with E-state index in [1.54, 1.807) is 0 Å². The molecule has 1 aromatic rings. The predicted octanol–water partition coefficient (Wildman–Crippen LogP) is 4.01. The molecule has 5 aliphatic carbocycles. The van der Waals surface area contributed by atoms with E-state index >= 15 is 0 Å². The second-order valence-electron chi connectivity index (χ2n) is 14.0. The van der Waals surface area contributed by atoms with Crippen LogP contribution in [-0.2, 0) is 11.8 Å². The lowest BCUT2D eigenvalue weighted by atomic mass is 9.31. The van der Waals surface area contributed by atoms with Gasteiger partial charge in [-0.1, -0.05) is 26.8 Å². The first-order valence-electron chi connectivity index (χ1n) is 13.6. The topological polar surface area (TPSA) is 73.2 Å². The number of aliphatic hydroxyl groups is 2. The maximum Gasteiger partial charge on any atom is 0.165 e. The quantitative estimate of drug-likeness (QED) is 0.624. The summed E-state index contributed by atoms with van der Waals surface area (Å²) in [6.07, 6.45) is 7.43. The number of phenolic OH excluding ortho intramolecular Hbond substituents is 1. The van der Waals surface area contributed by atoms with Gasteiger partial charge in [0.25, 0.3) is 0 Å². The monoisotopic (exact) mass is 467 g/mol. The fourth-order valence-corrected chi connectivity index (χ4v) is 9.74. The zero-order valence-corrected chi connectivity index (χ0v) is 21.2. The number of aliphatic hydroxyl groups excluding tert-OH is 1. The predicted molar refractivity (Wildman–Crippen MR) is 130 cm³/mol. The Morgan fingerprint density at radius 1 is 1.12 bits per heavy atom. The average molecular weight is 468 g/mol. The van der Waals surface area contributed by atoms with Gasteiger partial charge in [0, 0.05) is 34.4 Å². The summed E-state index contributed by atoms with van der Waals surface area (Å²) in [5.74, 6) is 1.70. The minimum Gasteiger partial charge on any atom is -0.504 e. The van der Waals surface area contributed by atoms with Gasteiger partial charge in [0.15, 0.2) is 11.5 Å². The van der Waals surface area contributed by atoms with Crippen molar-refractivity contribution in [1.82, 2.24) is 4.90 Å². The van der Waals surface area contributed by atoms with Gasteiger partial charge in [-0.05, 0) is 87.3 Å². The first-order valence-corrected chi connectivity index (χ1v) is 13.6. The molecule has 7 atom stereocenters. The first kappa shape index (κ1) is 21.9. The summed E-state index contributed by atoms with van der Waals surface area (Å²) in [6.45, 7) is 10.7. The largest absolute Gasteiger partial charge is 0.504 e. The fourth-order valence-electron chi connectivity index (χ4n) is 9.74. The summed E-state index contributed by atoms with van der Waals surface area (Å²) in [5, 5.41) is 34.2. The molecule has 186 valence electrons. The van der Waals surface area contributed by atoms with Crippen LogP contribution in [0, 0.1) is 28.1 Å². The van der Waals surface area contributed by atoms with E-state index in [9.17, 15) is 15.3 Å². The SMILES string of the molecule is CC(C)(C)C(C)(O)[C@H]1C[C@@]23CC[C@]1(CO)[C@@H]1Oc4c(O)ccc5c4[C@@]12CCN(CC1CC1)[C@@H]3C5. The van der Waals surface area contributed by atoms with E-state index in [0.717, 1.165) is 44.6 Å². The molecule has 7 aliphatic rings. The summed E-state index contributed by atoms with van der Waals surface area (Å²) in [7, 11) is 0. The van der Waals surface area contributed by atoms with E-state index in [1.807, 2.05) is 13.0 Å². The van der Waals surface area contributed by atoms with Crippen LogP contribution < -0.4 is 4.74 Å². The molecule has 8 rings (SSSR count). The third-order valence-corrected chi connectivity index (χ3v) is 12.0. The maximum absolute atomic E-state index is 12.2. The third-order valence-electron chi connectivity index (χ3n) is 12.0. The Morgan fingerprint density at radius 2 is 1.88 bits per heavy atom. The third kappa shape index (κ3) is 2.25. The molecule has 5 heteroatoms. The maximum atomic E-state index is 12.2. The van der Waals surface area contributed by atoms with Gasteiger partial charge in [-0.3, -0.25) is 4.90 Å². The van der Waals surface area contributed by atoms with Gasteiger partial charge < -0.3 is 20.1 Å². The molecule has 34 heavy (non-hydrogen) atoms. The number of aromatic hydroxyl groups is 1. The second-order valence-corrected chi connectivity index (χ2v) is 14.0. The normalized spacial score (nSPS) is 43.9. The van der Waals surface area contributed by atoms with E-state index in [2.05, 4.69) is 31.7 Å². The highest BCUT2D eigenvalue weighted by atomic mass is 16.5. The highest BCUT2D eigenvalue weighted by Gasteiger charge is 2.81. The zero-order valence-electron chi connectivity index (χ0n) is 21.2. The van der Waals surface area contributed by atoms with E-state index in [-0.39, 0.29) is 40.6 Å². The van der Waals surface area contributed by atoms with Crippen molar-refractivity contribution >= 4 is 0 Å². The number of likely N-dealkylation sites (tertiary alicyclic amines) is 1. The van der Waals surface area contributed by atoms with Crippen molar-refractivity contribution in [3.8, 4) is 11.5 Å². The Labute approximate surface area is 203 Å². The van der Waals surface area contributed by atoms with E-state index < -0.39 is 11.0 Å². The Kier molecular flexibility index (Phi) is 4.08. The number of ether oxygens (including phenoxy) is 1. The lowest BCUT2D eigenvalue weighted by Gasteiger charge is -2.76. The standard InChI is InChI=1S/C29H41NO4/c1-25(2,3)26(4,33)20-14-28-10-9-27(20,16-31)24-29(28)11-12-30(15-17-5-6-17)21(28)13-18-7-8-19(32)23(34-24)22(18)29/h7-8,17,20-21,24,31-33H,5-6,9-16H2,1-4H3/t20-,21-,24+,26?,27-,28-,29+/m1/s1. The zero-order chi connectivity index (χ0) is 23.9. The second kappa shape index (κ2) is 6.33. The van der Waals surface area contributed by atoms with Crippen molar-refractivity contribution in [3.05, 3.63) is 23.3 Å². The minimum absolute atomic E-state index is 0.00762. The van der Waals surface area contributed by atoms with Crippen LogP contribution in [0.25, 0.3) is 0 Å². The molecule has 2 spiro atoms. The van der Waals surface area contributed by atoms with Crippen molar-refractivity contribution in [1.29, 1.82) is 0 Å². The van der Waals surface area contributed by atoms with Crippen LogP contribution in [-0.4, -0.2) is 57.7 Å². The van der Waals surface area contributed by atoms with Gasteiger partial charge in [0.05, 0.1) is 12.2 Å². The van der Waals surface area contributed by atoms with Gasteiger partial charge in [-0.25, -0.2) is 0 Å². The molecule has 5 fully saturated rings. The minimum atomic E-state index is -0.944. The van der Waals surface area contributed by atoms with Crippen LogP contribution in [0.3, 0.4) is 0 Å². The highest BCUT2D eigenvalue weighted by Crippen LogP contribution is 2.79. The highest BCUT2D eigenvalue weighted by molar-refractivity contribution is 5.63. The lowest BCUT2D eigenvalue weighted by molar-refractivity contribution is -0.289. The van der Waals surface area contributed by atoms with Crippen LogP contribution >= 0.6 is 0 Å². The van der Waals surface area contributed by atoms with Crippen LogP contribution in [0.15, 0.2) is 12.1 Å². The summed E-state index contributed by atoms with van der Waals surface area (Å²) in [6, 6.07) is 4.39. The Balaban J connectivity index is 1.47. The smallest absolute Gasteiger partial charge is 0.165 e. The summed E-state index contributed by atoms with van der Waals surface area (Å²) in [5.41, 5.74) is 0.649. The van der Waals surface area contributed by atoms with Gasteiger partial charge in [0.1, 0.15) is 6.10 Å². The number of fused-ring (bicyclic) bond motifs is 2. The molecule has 1 unspecified atom stereocenters. The van der Waals surface area contributed by atoms with E-state index in [0.29, 0.717) is 11.8 Å². The molecule has 4 bridgehead atoms. The summed E-state index contributed by atoms with van der Waals surface area (Å²) in [4.78, 5) is 2.80. The molecule has 5 nitrogen and oxygen atoms in total. The first-order chi connectivity index (χ1) is 16.0. The average Bonchev–Trinajstić information content (AvgIpc) is 3.53. The number of phenols is 1. The number of nitrogens with zero attached hydrogens (tertiary/aromatic N) is 1. The number of hydrogen-bond acceptors (Lipinski definition) is 5.